The lowest BCUT2D eigenvalue weighted by Gasteiger charge is -2.50. The summed E-state index contributed by atoms with van der Waals surface area (Å²) in [4.78, 5) is 5.21. The van der Waals surface area contributed by atoms with E-state index in [4.69, 9.17) is 5.84 Å². The van der Waals surface area contributed by atoms with E-state index in [0.29, 0.717) is 5.92 Å². The highest BCUT2D eigenvalue weighted by Gasteiger charge is 2.50. The van der Waals surface area contributed by atoms with Crippen molar-refractivity contribution in [3.05, 3.63) is 0 Å². The minimum Gasteiger partial charge on any atom is -0.323 e. The van der Waals surface area contributed by atoms with E-state index in [1.54, 1.807) is 0 Å². The van der Waals surface area contributed by atoms with E-state index in [0.717, 1.165) is 0 Å². The van der Waals surface area contributed by atoms with Crippen LogP contribution >= 0.6 is 0 Å². The van der Waals surface area contributed by atoms with Gasteiger partial charge < -0.3 is 15.6 Å². The van der Waals surface area contributed by atoms with Gasteiger partial charge in [-0.3, -0.25) is 0 Å². The number of nitrogens with two attached hydrogens (primary N) is 1. The average molecular weight is 208 g/mol. The monoisotopic (exact) mass is 208 g/mol. The van der Waals surface area contributed by atoms with Gasteiger partial charge in [-0.05, 0) is 6.42 Å². The molecule has 2 N–H and O–H groups in total. The molecule has 15 heavy (non-hydrogen) atoms. The highest BCUT2D eigenvalue weighted by Crippen LogP contribution is 2.40. The Morgan fingerprint density at radius 1 is 1.33 bits per heavy atom. The molecule has 4 fully saturated rings. The van der Waals surface area contributed by atoms with Gasteiger partial charge in [0.1, 0.15) is 0 Å². The standard InChI is InChI=1S/C11H20N4/c1-2-11-7-14-3-4-15(8-11)6-9(5-14)10(11)13-12/h9H,2-8,12H2,1H3/b13-10+. The largest absolute Gasteiger partial charge is 0.323 e. The van der Waals surface area contributed by atoms with E-state index in [-0.39, 0.29) is 5.41 Å². The number of hydrazone groups is 1. The maximum atomic E-state index is 5.62. The number of rotatable bonds is 1. The molecule has 4 aliphatic rings. The van der Waals surface area contributed by atoms with Crippen LogP contribution in [0.5, 0.6) is 0 Å². The van der Waals surface area contributed by atoms with E-state index in [1.807, 2.05) is 0 Å². The van der Waals surface area contributed by atoms with Crippen LogP contribution in [0.4, 0.5) is 0 Å². The van der Waals surface area contributed by atoms with Crippen LogP contribution in [0.25, 0.3) is 0 Å². The SMILES string of the molecule is CCC12CN3CCN(CC(C3)/C1=N\N)C2. The molecule has 0 aromatic heterocycles. The van der Waals surface area contributed by atoms with E-state index >= 15 is 0 Å². The summed E-state index contributed by atoms with van der Waals surface area (Å²) in [6.45, 7) is 9.44. The Kier molecular flexibility index (Phi) is 2.04. The summed E-state index contributed by atoms with van der Waals surface area (Å²) in [6.07, 6.45) is 1.17. The zero-order valence-electron chi connectivity index (χ0n) is 9.45. The topological polar surface area (TPSA) is 44.9 Å². The first kappa shape index (κ1) is 9.60. The second kappa shape index (κ2) is 3.19. The van der Waals surface area contributed by atoms with Crippen LogP contribution < -0.4 is 5.84 Å². The normalized spacial score (nSPS) is 51.0. The summed E-state index contributed by atoms with van der Waals surface area (Å²) in [6, 6.07) is 0. The third-order valence-corrected chi connectivity index (χ3v) is 4.49. The van der Waals surface area contributed by atoms with Gasteiger partial charge in [-0.1, -0.05) is 6.92 Å². The molecule has 2 unspecified atom stereocenters. The minimum absolute atomic E-state index is 0.270. The lowest BCUT2D eigenvalue weighted by Crippen LogP contribution is -2.61. The van der Waals surface area contributed by atoms with Gasteiger partial charge in [0.25, 0.3) is 0 Å². The Bertz CT molecular complexity index is 283. The Labute approximate surface area is 91.1 Å². The van der Waals surface area contributed by atoms with Crippen molar-refractivity contribution in [1.82, 2.24) is 9.80 Å². The Balaban J connectivity index is 2.04. The summed E-state index contributed by atoms with van der Waals surface area (Å²) < 4.78 is 0. The molecule has 4 aliphatic heterocycles. The fourth-order valence-electron chi connectivity index (χ4n) is 3.75. The van der Waals surface area contributed by atoms with Gasteiger partial charge in [0.05, 0.1) is 5.71 Å². The summed E-state index contributed by atoms with van der Waals surface area (Å²) in [5.41, 5.74) is 1.58. The van der Waals surface area contributed by atoms with Crippen molar-refractivity contribution < 1.29 is 0 Å². The van der Waals surface area contributed by atoms with Gasteiger partial charge in [0.2, 0.25) is 0 Å². The van der Waals surface area contributed by atoms with Crippen molar-refractivity contribution in [1.29, 1.82) is 0 Å². The number of hydrogen-bond acceptors (Lipinski definition) is 4. The zero-order chi connectivity index (χ0) is 10.5. The second-order valence-electron chi connectivity index (χ2n) is 5.32. The number of nitrogens with zero attached hydrogens (tertiary/aromatic N) is 3. The van der Waals surface area contributed by atoms with Crippen LogP contribution in [0, 0.1) is 11.3 Å². The molecule has 0 spiro atoms. The van der Waals surface area contributed by atoms with Crippen molar-refractivity contribution in [3.63, 3.8) is 0 Å². The quantitative estimate of drug-likeness (QED) is 0.486. The minimum atomic E-state index is 0.270. The van der Waals surface area contributed by atoms with E-state index in [2.05, 4.69) is 21.8 Å². The molecule has 0 aromatic rings. The van der Waals surface area contributed by atoms with Crippen LogP contribution in [-0.4, -0.2) is 54.8 Å². The summed E-state index contributed by atoms with van der Waals surface area (Å²) in [5, 5.41) is 4.14. The van der Waals surface area contributed by atoms with E-state index in [1.165, 1.54) is 51.4 Å². The van der Waals surface area contributed by atoms with E-state index in [9.17, 15) is 0 Å². The van der Waals surface area contributed by atoms with Gasteiger partial charge in [-0.2, -0.15) is 5.10 Å². The van der Waals surface area contributed by atoms with Gasteiger partial charge in [0, 0.05) is 50.6 Å². The number of fused-ring (bicyclic) bond motifs is 1. The molecule has 4 heteroatoms. The molecule has 0 radical (unpaired) electrons. The lowest BCUT2D eigenvalue weighted by molar-refractivity contribution is 0.114. The molecular formula is C11H20N4. The molecule has 0 aliphatic carbocycles. The van der Waals surface area contributed by atoms with E-state index < -0.39 is 0 Å². The van der Waals surface area contributed by atoms with Crippen molar-refractivity contribution in [2.75, 3.05) is 39.3 Å². The van der Waals surface area contributed by atoms with Crippen molar-refractivity contribution in [2.24, 2.45) is 22.3 Å². The predicted molar refractivity (Wildman–Crippen MR) is 60.7 cm³/mol. The first-order valence-electron chi connectivity index (χ1n) is 6.00. The van der Waals surface area contributed by atoms with Gasteiger partial charge in [-0.25, -0.2) is 0 Å². The molecule has 4 bridgehead atoms. The lowest BCUT2D eigenvalue weighted by atomic mass is 9.69. The molecule has 0 saturated carbocycles. The maximum Gasteiger partial charge on any atom is 0.0519 e. The smallest absolute Gasteiger partial charge is 0.0519 e. The van der Waals surface area contributed by atoms with Gasteiger partial charge in [0.15, 0.2) is 0 Å². The average Bonchev–Trinajstić information content (AvgIpc) is 2.47. The molecule has 2 atom stereocenters. The highest BCUT2D eigenvalue weighted by molar-refractivity contribution is 5.94. The van der Waals surface area contributed by atoms with Crippen molar-refractivity contribution in [2.45, 2.75) is 13.3 Å². The third-order valence-electron chi connectivity index (χ3n) is 4.49. The van der Waals surface area contributed by atoms with Crippen LogP contribution in [0.3, 0.4) is 0 Å². The first-order chi connectivity index (χ1) is 7.27. The Hall–Kier alpha value is -0.610. The Morgan fingerprint density at radius 2 is 1.93 bits per heavy atom. The maximum absolute atomic E-state index is 5.62. The number of piperidine rings is 2. The third kappa shape index (κ3) is 1.24. The van der Waals surface area contributed by atoms with Crippen LogP contribution in [0.1, 0.15) is 13.3 Å². The predicted octanol–water partition coefficient (Wildman–Crippen LogP) is -0.0415. The van der Waals surface area contributed by atoms with Crippen molar-refractivity contribution >= 4 is 5.71 Å². The zero-order valence-corrected chi connectivity index (χ0v) is 9.45. The molecule has 4 rings (SSSR count). The van der Waals surface area contributed by atoms with Crippen LogP contribution in [0.2, 0.25) is 0 Å². The summed E-state index contributed by atoms with van der Waals surface area (Å²) in [7, 11) is 0. The fraction of sp³-hybridized carbons (Fsp3) is 0.909. The molecule has 4 nitrogen and oxygen atoms in total. The molecule has 4 heterocycles. The summed E-state index contributed by atoms with van der Waals surface area (Å²) in [5.74, 6) is 6.21. The van der Waals surface area contributed by atoms with Gasteiger partial charge in [-0.15, -0.1) is 0 Å². The molecule has 0 aromatic carbocycles. The summed E-state index contributed by atoms with van der Waals surface area (Å²) >= 11 is 0. The molecule has 0 amide bonds. The van der Waals surface area contributed by atoms with Gasteiger partial charge >= 0.3 is 0 Å². The molecule has 4 saturated heterocycles. The fourth-order valence-corrected chi connectivity index (χ4v) is 3.75. The molecular weight excluding hydrogens is 188 g/mol. The van der Waals surface area contributed by atoms with Crippen LogP contribution in [-0.2, 0) is 0 Å². The second-order valence-corrected chi connectivity index (χ2v) is 5.32. The van der Waals surface area contributed by atoms with Crippen molar-refractivity contribution in [3.8, 4) is 0 Å². The first-order valence-corrected chi connectivity index (χ1v) is 6.00. The highest BCUT2D eigenvalue weighted by atomic mass is 15.3. The molecule has 84 valence electrons. The van der Waals surface area contributed by atoms with Crippen LogP contribution in [0.15, 0.2) is 5.10 Å². The number of hydrogen-bond donors (Lipinski definition) is 1. The Morgan fingerprint density at radius 3 is 2.40 bits per heavy atom.